The molecule has 38 heavy (non-hydrogen) atoms. The molecule has 2 heterocycles. The van der Waals surface area contributed by atoms with Gasteiger partial charge < -0.3 is 34.7 Å². The summed E-state index contributed by atoms with van der Waals surface area (Å²) in [7, 11) is 0. The number of Topliss-reactive ketones (excluding diaryl/α,β-unsaturated/α-hetero) is 1. The maximum Gasteiger partial charge on any atom is 0.231 e. The summed E-state index contributed by atoms with van der Waals surface area (Å²) in [4.78, 5) is 23.9. The van der Waals surface area contributed by atoms with Crippen LogP contribution in [0.5, 0.6) is 23.0 Å². The summed E-state index contributed by atoms with van der Waals surface area (Å²) in [5.74, 6) is 3.03. The van der Waals surface area contributed by atoms with Crippen molar-refractivity contribution in [2.24, 2.45) is 5.92 Å². The lowest BCUT2D eigenvalue weighted by atomic mass is 10.0. The van der Waals surface area contributed by atoms with Crippen LogP contribution in [0.15, 0.2) is 30.3 Å². The van der Waals surface area contributed by atoms with Crippen molar-refractivity contribution in [1.29, 1.82) is 0 Å². The van der Waals surface area contributed by atoms with Crippen LogP contribution in [0.4, 0.5) is 5.69 Å². The second-order valence-corrected chi connectivity index (χ2v) is 10.00. The summed E-state index contributed by atoms with van der Waals surface area (Å²) in [6, 6.07) is 9.52. The lowest BCUT2D eigenvalue weighted by Gasteiger charge is -2.24. The molecular formula is C29H38N2O7. The van der Waals surface area contributed by atoms with Gasteiger partial charge in [0.2, 0.25) is 12.7 Å². The Morgan fingerprint density at radius 3 is 2.74 bits per heavy atom. The first-order valence-electron chi connectivity index (χ1n) is 13.4. The second-order valence-electron chi connectivity index (χ2n) is 10.00. The van der Waals surface area contributed by atoms with Gasteiger partial charge in [-0.3, -0.25) is 9.59 Å². The zero-order valence-corrected chi connectivity index (χ0v) is 22.2. The molecule has 2 aliphatic rings. The minimum atomic E-state index is -0.690. The average Bonchev–Trinajstić information content (AvgIpc) is 3.38. The van der Waals surface area contributed by atoms with Crippen LogP contribution in [-0.4, -0.2) is 56.0 Å². The van der Waals surface area contributed by atoms with Gasteiger partial charge in [-0.15, -0.1) is 0 Å². The number of ketones is 1. The van der Waals surface area contributed by atoms with E-state index in [1.807, 2.05) is 38.1 Å². The number of rotatable bonds is 15. The van der Waals surface area contributed by atoms with Crippen molar-refractivity contribution >= 4 is 17.4 Å². The van der Waals surface area contributed by atoms with Gasteiger partial charge in [0.1, 0.15) is 30.0 Å². The fraction of sp³-hybridized carbons (Fsp3) is 0.517. The van der Waals surface area contributed by atoms with E-state index in [-0.39, 0.29) is 31.0 Å². The van der Waals surface area contributed by atoms with Crippen LogP contribution in [0.1, 0.15) is 50.7 Å². The van der Waals surface area contributed by atoms with E-state index in [9.17, 15) is 14.7 Å². The summed E-state index contributed by atoms with van der Waals surface area (Å²) >= 11 is 0. The number of unbranched alkanes of at least 4 members (excludes halogenated alkanes) is 1. The number of hydrogen-bond donors (Lipinski definition) is 3. The first-order valence-corrected chi connectivity index (χ1v) is 13.4. The Balaban J connectivity index is 1.22. The van der Waals surface area contributed by atoms with Crippen molar-refractivity contribution in [2.75, 3.05) is 38.4 Å². The van der Waals surface area contributed by atoms with E-state index < -0.39 is 6.10 Å². The Bertz CT molecular complexity index is 1120. The maximum atomic E-state index is 12.1. The molecule has 2 aliphatic heterocycles. The van der Waals surface area contributed by atoms with Gasteiger partial charge >= 0.3 is 0 Å². The van der Waals surface area contributed by atoms with E-state index in [0.29, 0.717) is 56.1 Å². The van der Waals surface area contributed by atoms with Crippen molar-refractivity contribution < 1.29 is 33.6 Å². The van der Waals surface area contributed by atoms with Gasteiger partial charge in [0, 0.05) is 30.9 Å². The predicted octanol–water partition coefficient (Wildman–Crippen LogP) is 3.65. The number of aliphatic hydroxyl groups excluding tert-OH is 1. The molecule has 0 aromatic heterocycles. The highest BCUT2D eigenvalue weighted by molar-refractivity contribution is 5.96. The summed E-state index contributed by atoms with van der Waals surface area (Å²) in [6.07, 6.45) is 3.10. The molecule has 1 atom stereocenters. The molecule has 206 valence electrons. The summed E-state index contributed by atoms with van der Waals surface area (Å²) < 4.78 is 22.6. The van der Waals surface area contributed by atoms with E-state index in [0.717, 1.165) is 41.9 Å². The predicted molar refractivity (Wildman–Crippen MR) is 143 cm³/mol. The number of carbonyl (C=O) groups is 2. The smallest absolute Gasteiger partial charge is 0.231 e. The number of anilines is 1. The molecule has 0 spiro atoms. The lowest BCUT2D eigenvalue weighted by Crippen LogP contribution is -2.32. The average molecular weight is 527 g/mol. The number of nitrogens with one attached hydrogen (secondary N) is 2. The first-order chi connectivity index (χ1) is 18.4. The first kappa shape index (κ1) is 27.7. The standard InChI is InChI=1S/C29H38N2O7/c1-19(2)23(33)5-3-4-14-35-26-10-9-24(22-7-11-28(34)31-29(22)26)36-17-21(32)16-30-13-12-20-6-8-25-27(15-20)38-18-37-25/h6,8-10,15,19,21,30,32H,3-5,7,11-14,16-18H2,1-2H3,(H,31,34). The minimum absolute atomic E-state index is 0.0567. The van der Waals surface area contributed by atoms with E-state index >= 15 is 0 Å². The zero-order valence-electron chi connectivity index (χ0n) is 22.2. The third-order valence-electron chi connectivity index (χ3n) is 6.66. The number of ether oxygens (including phenoxy) is 4. The molecule has 1 unspecified atom stereocenters. The number of benzene rings is 2. The van der Waals surface area contributed by atoms with Crippen LogP contribution >= 0.6 is 0 Å². The number of carbonyl (C=O) groups excluding carboxylic acids is 2. The van der Waals surface area contributed by atoms with Crippen molar-refractivity contribution in [2.45, 2.75) is 58.5 Å². The van der Waals surface area contributed by atoms with Gasteiger partial charge in [-0.25, -0.2) is 0 Å². The molecule has 4 rings (SSSR count). The van der Waals surface area contributed by atoms with Crippen LogP contribution in [0.25, 0.3) is 0 Å². The van der Waals surface area contributed by atoms with Crippen LogP contribution in [0.2, 0.25) is 0 Å². The highest BCUT2D eigenvalue weighted by atomic mass is 16.7. The van der Waals surface area contributed by atoms with Crippen molar-refractivity contribution in [3.63, 3.8) is 0 Å². The van der Waals surface area contributed by atoms with Crippen molar-refractivity contribution in [1.82, 2.24) is 5.32 Å². The minimum Gasteiger partial charge on any atom is -0.491 e. The quantitative estimate of drug-likeness (QED) is 0.301. The Hall–Kier alpha value is -3.30. The zero-order chi connectivity index (χ0) is 26.9. The molecule has 0 radical (unpaired) electrons. The number of hydrogen-bond acceptors (Lipinski definition) is 8. The summed E-state index contributed by atoms with van der Waals surface area (Å²) in [6.45, 7) is 5.77. The monoisotopic (exact) mass is 526 g/mol. The van der Waals surface area contributed by atoms with Gasteiger partial charge in [-0.05, 0) is 62.1 Å². The fourth-order valence-corrected chi connectivity index (χ4v) is 4.40. The molecule has 1 amide bonds. The highest BCUT2D eigenvalue weighted by Gasteiger charge is 2.23. The van der Waals surface area contributed by atoms with Crippen LogP contribution in [-0.2, 0) is 22.4 Å². The van der Waals surface area contributed by atoms with Gasteiger partial charge in [0.05, 0.1) is 12.3 Å². The molecule has 9 heteroatoms. The Labute approximate surface area is 223 Å². The third-order valence-corrected chi connectivity index (χ3v) is 6.66. The van der Waals surface area contributed by atoms with Crippen molar-refractivity contribution in [3.05, 3.63) is 41.5 Å². The molecule has 2 aromatic rings. The van der Waals surface area contributed by atoms with Crippen LogP contribution in [0, 0.1) is 5.92 Å². The van der Waals surface area contributed by atoms with Crippen LogP contribution < -0.4 is 29.6 Å². The molecule has 3 N–H and O–H groups in total. The molecule has 0 saturated carbocycles. The van der Waals surface area contributed by atoms with Crippen LogP contribution in [0.3, 0.4) is 0 Å². The Morgan fingerprint density at radius 1 is 1.08 bits per heavy atom. The number of amides is 1. The third kappa shape index (κ3) is 7.61. The van der Waals surface area contributed by atoms with Gasteiger partial charge in [0.15, 0.2) is 11.5 Å². The second kappa shape index (κ2) is 13.5. The largest absolute Gasteiger partial charge is 0.491 e. The number of fused-ring (bicyclic) bond motifs is 2. The molecule has 0 bridgehead atoms. The maximum absolute atomic E-state index is 12.1. The topological polar surface area (TPSA) is 115 Å². The molecule has 0 aliphatic carbocycles. The van der Waals surface area contributed by atoms with Crippen molar-refractivity contribution in [3.8, 4) is 23.0 Å². The Kier molecular flexibility index (Phi) is 9.84. The number of aliphatic hydroxyl groups is 1. The van der Waals surface area contributed by atoms with E-state index in [1.165, 1.54) is 0 Å². The molecule has 0 saturated heterocycles. The molecule has 2 aromatic carbocycles. The molecular weight excluding hydrogens is 488 g/mol. The van der Waals surface area contributed by atoms with Gasteiger partial charge in [0.25, 0.3) is 0 Å². The fourth-order valence-electron chi connectivity index (χ4n) is 4.40. The highest BCUT2D eigenvalue weighted by Crippen LogP contribution is 2.39. The van der Waals surface area contributed by atoms with E-state index in [4.69, 9.17) is 18.9 Å². The van der Waals surface area contributed by atoms with Gasteiger partial charge in [-0.2, -0.15) is 0 Å². The normalized spacial score (nSPS) is 14.7. The SMILES string of the molecule is CC(C)C(=O)CCCCOc1ccc(OCC(O)CNCCc2ccc3c(c2)OCO3)c2c1NC(=O)CC2. The molecule has 9 nitrogen and oxygen atoms in total. The summed E-state index contributed by atoms with van der Waals surface area (Å²) in [5.41, 5.74) is 2.64. The Morgan fingerprint density at radius 2 is 1.89 bits per heavy atom. The van der Waals surface area contributed by atoms with Gasteiger partial charge in [-0.1, -0.05) is 19.9 Å². The molecule has 0 fully saturated rings. The lowest BCUT2D eigenvalue weighted by molar-refractivity contribution is -0.122. The van der Waals surface area contributed by atoms with E-state index in [1.54, 1.807) is 6.07 Å². The van der Waals surface area contributed by atoms with E-state index in [2.05, 4.69) is 10.6 Å². The summed E-state index contributed by atoms with van der Waals surface area (Å²) in [5, 5.41) is 16.6.